The maximum Gasteiger partial charge on any atom is 0.229 e. The lowest BCUT2D eigenvalue weighted by Gasteiger charge is -2.39. The summed E-state index contributed by atoms with van der Waals surface area (Å²) in [5, 5.41) is 59.1. The summed E-state index contributed by atoms with van der Waals surface area (Å²) in [7, 11) is 2.95. The van der Waals surface area contributed by atoms with E-state index in [1.54, 1.807) is 36.4 Å². The van der Waals surface area contributed by atoms with Gasteiger partial charge in [0.05, 0.1) is 40.0 Å². The van der Waals surface area contributed by atoms with E-state index in [-0.39, 0.29) is 24.7 Å². The second-order valence-electron chi connectivity index (χ2n) is 8.78. The molecule has 202 valence electrons. The van der Waals surface area contributed by atoms with Crippen LogP contribution in [0.1, 0.15) is 28.7 Å². The van der Waals surface area contributed by atoms with E-state index in [2.05, 4.69) is 0 Å². The molecule has 6 N–H and O–H groups in total. The normalized spacial score (nSPS) is 29.1. The van der Waals surface area contributed by atoms with Crippen molar-refractivity contribution in [2.75, 3.05) is 34.0 Å². The molecule has 2 aliphatic heterocycles. The lowest BCUT2D eigenvalue weighted by atomic mass is 9.90. The molecule has 0 aliphatic carbocycles. The Morgan fingerprint density at radius 2 is 1.62 bits per heavy atom. The highest BCUT2D eigenvalue weighted by Gasteiger charge is 2.45. The van der Waals surface area contributed by atoms with Gasteiger partial charge in [0, 0.05) is 5.56 Å². The fraction of sp³-hybridized carbons (Fsp3) is 0.462. The Bertz CT molecular complexity index is 1100. The van der Waals surface area contributed by atoms with Crippen molar-refractivity contribution in [2.45, 2.75) is 42.7 Å². The van der Waals surface area contributed by atoms with E-state index < -0.39 is 49.3 Å². The van der Waals surface area contributed by atoms with Gasteiger partial charge in [0.25, 0.3) is 0 Å². The maximum atomic E-state index is 10.3. The molecule has 11 heteroatoms. The number of methoxy groups -OCH3 is 2. The molecule has 37 heavy (non-hydrogen) atoms. The van der Waals surface area contributed by atoms with Gasteiger partial charge >= 0.3 is 0 Å². The van der Waals surface area contributed by atoms with Gasteiger partial charge in [-0.3, -0.25) is 0 Å². The third-order valence-corrected chi connectivity index (χ3v) is 6.56. The van der Waals surface area contributed by atoms with Crippen molar-refractivity contribution in [3.8, 4) is 23.0 Å². The topological polar surface area (TPSA) is 168 Å². The van der Waals surface area contributed by atoms with Crippen LogP contribution in [-0.2, 0) is 4.74 Å². The second kappa shape index (κ2) is 11.7. The van der Waals surface area contributed by atoms with Gasteiger partial charge in [-0.25, -0.2) is 0 Å². The lowest BCUT2D eigenvalue weighted by molar-refractivity contribution is -0.277. The van der Waals surface area contributed by atoms with Gasteiger partial charge in [-0.1, -0.05) is 18.2 Å². The Morgan fingerprint density at radius 3 is 2.27 bits per heavy atom. The van der Waals surface area contributed by atoms with Gasteiger partial charge in [0.1, 0.15) is 30.5 Å². The van der Waals surface area contributed by atoms with Crippen molar-refractivity contribution >= 4 is 6.08 Å². The first-order chi connectivity index (χ1) is 17.9. The van der Waals surface area contributed by atoms with E-state index in [0.717, 1.165) is 11.1 Å². The van der Waals surface area contributed by atoms with E-state index in [1.165, 1.54) is 14.2 Å². The number of aliphatic hydroxyl groups excluding tert-OH is 6. The molecule has 1 fully saturated rings. The fourth-order valence-electron chi connectivity index (χ4n) is 4.60. The maximum absolute atomic E-state index is 10.3. The van der Waals surface area contributed by atoms with Crippen molar-refractivity contribution in [1.82, 2.24) is 0 Å². The van der Waals surface area contributed by atoms with E-state index >= 15 is 0 Å². The van der Waals surface area contributed by atoms with Gasteiger partial charge in [-0.05, 0) is 35.4 Å². The zero-order valence-electron chi connectivity index (χ0n) is 20.4. The highest BCUT2D eigenvalue weighted by molar-refractivity contribution is 5.62. The van der Waals surface area contributed by atoms with Crippen LogP contribution in [0.4, 0.5) is 0 Å². The summed E-state index contributed by atoms with van der Waals surface area (Å²) < 4.78 is 28.4. The van der Waals surface area contributed by atoms with Crippen LogP contribution in [0, 0.1) is 0 Å². The number of rotatable bonds is 9. The number of aliphatic hydroxyl groups is 6. The molecule has 2 heterocycles. The summed E-state index contributed by atoms with van der Waals surface area (Å²) >= 11 is 0. The van der Waals surface area contributed by atoms with Crippen LogP contribution < -0.4 is 18.9 Å². The summed E-state index contributed by atoms with van der Waals surface area (Å²) in [6, 6.07) is 8.60. The van der Waals surface area contributed by atoms with Gasteiger partial charge in [0.15, 0.2) is 23.0 Å². The van der Waals surface area contributed by atoms with Crippen molar-refractivity contribution in [3.05, 3.63) is 53.1 Å². The Balaban J connectivity index is 1.61. The molecule has 7 atom stereocenters. The van der Waals surface area contributed by atoms with E-state index in [0.29, 0.717) is 17.1 Å². The SMILES string of the molecule is COc1cc([C@@H]2Oc3c(OC)cc(C=CCO)cc3[C@H]2CO)ccc1O[C@@H]1O[C@@H](CO)[C@@H](O)[C@@H](O)[C@@H]1O. The molecule has 0 aromatic heterocycles. The molecule has 2 aliphatic rings. The molecule has 0 amide bonds. The summed E-state index contributed by atoms with van der Waals surface area (Å²) in [5.74, 6) is 1.03. The predicted octanol–water partition coefficient (Wildman–Crippen LogP) is 0.0976. The minimum Gasteiger partial charge on any atom is -0.493 e. The van der Waals surface area contributed by atoms with E-state index in [1.807, 2.05) is 6.07 Å². The number of hydrogen-bond acceptors (Lipinski definition) is 11. The highest BCUT2D eigenvalue weighted by Crippen LogP contribution is 2.51. The van der Waals surface area contributed by atoms with E-state index in [4.69, 9.17) is 28.8 Å². The van der Waals surface area contributed by atoms with Crippen LogP contribution in [0.2, 0.25) is 0 Å². The van der Waals surface area contributed by atoms with Crippen molar-refractivity contribution < 1.29 is 54.3 Å². The zero-order valence-corrected chi connectivity index (χ0v) is 20.4. The number of benzene rings is 2. The van der Waals surface area contributed by atoms with Crippen LogP contribution in [-0.4, -0.2) is 95.4 Å². The number of ether oxygens (including phenoxy) is 5. The van der Waals surface area contributed by atoms with Crippen LogP contribution in [0.5, 0.6) is 23.0 Å². The number of hydrogen-bond donors (Lipinski definition) is 6. The first-order valence-corrected chi connectivity index (χ1v) is 11.8. The summed E-state index contributed by atoms with van der Waals surface area (Å²) in [4.78, 5) is 0. The highest BCUT2D eigenvalue weighted by atomic mass is 16.7. The van der Waals surface area contributed by atoms with Crippen LogP contribution in [0.3, 0.4) is 0 Å². The van der Waals surface area contributed by atoms with Gasteiger partial charge in [-0.15, -0.1) is 0 Å². The smallest absolute Gasteiger partial charge is 0.229 e. The molecule has 0 spiro atoms. The predicted molar refractivity (Wildman–Crippen MR) is 130 cm³/mol. The Hall–Kier alpha value is -2.90. The summed E-state index contributed by atoms with van der Waals surface area (Å²) in [6.07, 6.45) is -4.38. The lowest BCUT2D eigenvalue weighted by Crippen LogP contribution is -2.60. The van der Waals surface area contributed by atoms with Crippen LogP contribution in [0.15, 0.2) is 36.4 Å². The largest absolute Gasteiger partial charge is 0.493 e. The first-order valence-electron chi connectivity index (χ1n) is 11.8. The Labute approximate surface area is 213 Å². The van der Waals surface area contributed by atoms with Gasteiger partial charge < -0.3 is 54.3 Å². The van der Waals surface area contributed by atoms with Crippen molar-refractivity contribution in [2.24, 2.45) is 0 Å². The monoisotopic (exact) mass is 520 g/mol. The summed E-state index contributed by atoms with van der Waals surface area (Å²) in [6.45, 7) is -0.900. The molecule has 0 radical (unpaired) electrons. The molecule has 0 bridgehead atoms. The van der Waals surface area contributed by atoms with Crippen LogP contribution >= 0.6 is 0 Å². The second-order valence-corrected chi connectivity index (χ2v) is 8.78. The van der Waals surface area contributed by atoms with Crippen LogP contribution in [0.25, 0.3) is 6.08 Å². The third kappa shape index (κ3) is 5.25. The molecule has 2 aromatic carbocycles. The minimum absolute atomic E-state index is 0.112. The fourth-order valence-corrected chi connectivity index (χ4v) is 4.60. The number of fused-ring (bicyclic) bond motifs is 1. The first kappa shape index (κ1) is 27.1. The van der Waals surface area contributed by atoms with E-state index in [9.17, 15) is 25.5 Å². The average molecular weight is 521 g/mol. The molecular weight excluding hydrogens is 488 g/mol. The third-order valence-electron chi connectivity index (χ3n) is 6.56. The average Bonchev–Trinajstić information content (AvgIpc) is 3.30. The zero-order chi connectivity index (χ0) is 26.7. The molecule has 2 aromatic rings. The van der Waals surface area contributed by atoms with Gasteiger partial charge in [-0.2, -0.15) is 0 Å². The van der Waals surface area contributed by atoms with Crippen molar-refractivity contribution in [3.63, 3.8) is 0 Å². The Morgan fingerprint density at radius 1 is 0.865 bits per heavy atom. The minimum atomic E-state index is -1.58. The summed E-state index contributed by atoms with van der Waals surface area (Å²) in [5.41, 5.74) is 2.21. The quantitative estimate of drug-likeness (QED) is 0.265. The van der Waals surface area contributed by atoms with Crippen molar-refractivity contribution in [1.29, 1.82) is 0 Å². The molecule has 0 saturated carbocycles. The molecule has 11 nitrogen and oxygen atoms in total. The molecule has 4 rings (SSSR count). The molecule has 0 unspecified atom stereocenters. The van der Waals surface area contributed by atoms with Gasteiger partial charge in [0.2, 0.25) is 6.29 Å². The standard InChI is InChI=1S/C26H32O11/c1-33-18-10-14(5-6-17(18)35-26-23(32)22(31)21(30)20(12-29)36-26)24-16(11-28)15-8-13(4-3-7-27)9-19(34-2)25(15)37-24/h3-6,8-10,16,20-24,26-32H,7,11-12H2,1-2H3/t16-,20+,21-,22-,23+,24+,26-/m1/s1. The Kier molecular flexibility index (Phi) is 8.55. The molecular formula is C26H32O11. The molecule has 1 saturated heterocycles.